The van der Waals surface area contributed by atoms with Crippen LogP contribution in [0.3, 0.4) is 0 Å². The Morgan fingerprint density at radius 2 is 1.68 bits per heavy atom. The first-order valence-corrected chi connectivity index (χ1v) is 7.74. The average Bonchev–Trinajstić information content (AvgIpc) is 2.87. The van der Waals surface area contributed by atoms with Gasteiger partial charge in [-0.05, 0) is 12.1 Å². The molecule has 1 fully saturated rings. The van der Waals surface area contributed by atoms with Crippen molar-refractivity contribution in [2.75, 3.05) is 26.3 Å². The van der Waals surface area contributed by atoms with Gasteiger partial charge >= 0.3 is 0 Å². The summed E-state index contributed by atoms with van der Waals surface area (Å²) < 4.78 is 17.5. The quantitative estimate of drug-likeness (QED) is 0.842. The number of morpholine rings is 1. The van der Waals surface area contributed by atoms with Crippen LogP contribution in [0.25, 0.3) is 0 Å². The average molecular weight is 305 g/mol. The van der Waals surface area contributed by atoms with E-state index in [4.69, 9.17) is 14.2 Å². The number of amides is 1. The minimum absolute atomic E-state index is 0.0473. The maximum Gasteiger partial charge on any atom is 0.265 e. The third-order valence-electron chi connectivity index (χ3n) is 4.29. The molecule has 0 bridgehead atoms. The van der Waals surface area contributed by atoms with Crippen LogP contribution in [0.15, 0.2) is 24.3 Å². The van der Waals surface area contributed by atoms with Gasteiger partial charge in [0, 0.05) is 18.5 Å². The van der Waals surface area contributed by atoms with E-state index in [0.717, 1.165) is 0 Å². The Bertz CT molecular complexity index is 533. The SMILES string of the molecule is CC(C)(C)C1(CC(=O)N2CCOCC2)Oc2ccccc2O1. The molecule has 0 aliphatic carbocycles. The van der Waals surface area contributed by atoms with Crippen LogP contribution in [0.4, 0.5) is 0 Å². The molecule has 22 heavy (non-hydrogen) atoms. The fourth-order valence-electron chi connectivity index (χ4n) is 2.76. The second-order valence-corrected chi connectivity index (χ2v) is 6.82. The molecule has 1 aromatic rings. The van der Waals surface area contributed by atoms with Crippen molar-refractivity contribution >= 4 is 5.91 Å². The molecule has 120 valence electrons. The van der Waals surface area contributed by atoms with E-state index >= 15 is 0 Å². The Hall–Kier alpha value is -1.75. The molecule has 0 spiro atoms. The number of ether oxygens (including phenoxy) is 3. The van der Waals surface area contributed by atoms with E-state index < -0.39 is 5.79 Å². The van der Waals surface area contributed by atoms with Crippen molar-refractivity contribution < 1.29 is 19.0 Å². The highest BCUT2D eigenvalue weighted by molar-refractivity contribution is 5.77. The molecule has 0 aromatic heterocycles. The summed E-state index contributed by atoms with van der Waals surface area (Å²) in [4.78, 5) is 14.5. The Labute approximate surface area is 131 Å². The van der Waals surface area contributed by atoms with Gasteiger partial charge in [0.2, 0.25) is 5.91 Å². The zero-order valence-electron chi connectivity index (χ0n) is 13.4. The Morgan fingerprint density at radius 1 is 1.14 bits per heavy atom. The first-order chi connectivity index (χ1) is 10.4. The van der Waals surface area contributed by atoms with E-state index in [1.54, 1.807) is 0 Å². The van der Waals surface area contributed by atoms with Gasteiger partial charge in [0.15, 0.2) is 11.5 Å². The lowest BCUT2D eigenvalue weighted by molar-refractivity contribution is -0.178. The van der Waals surface area contributed by atoms with Gasteiger partial charge in [-0.25, -0.2) is 0 Å². The summed E-state index contributed by atoms with van der Waals surface area (Å²) in [5, 5.41) is 0. The standard InChI is InChI=1S/C17H23NO4/c1-16(2,3)17(12-15(19)18-8-10-20-11-9-18)21-13-6-4-5-7-14(13)22-17/h4-7H,8-12H2,1-3H3. The third kappa shape index (κ3) is 2.65. The maximum absolute atomic E-state index is 12.7. The van der Waals surface area contributed by atoms with E-state index in [9.17, 15) is 4.79 Å². The van der Waals surface area contributed by atoms with Gasteiger partial charge in [-0.2, -0.15) is 0 Å². The van der Waals surface area contributed by atoms with Crippen molar-refractivity contribution in [1.29, 1.82) is 0 Å². The first-order valence-electron chi connectivity index (χ1n) is 7.74. The highest BCUT2D eigenvalue weighted by Crippen LogP contribution is 2.48. The highest BCUT2D eigenvalue weighted by Gasteiger charge is 2.53. The van der Waals surface area contributed by atoms with Gasteiger partial charge in [0.25, 0.3) is 5.79 Å². The fourth-order valence-corrected chi connectivity index (χ4v) is 2.76. The van der Waals surface area contributed by atoms with Gasteiger partial charge in [-0.15, -0.1) is 0 Å². The molecule has 0 saturated carbocycles. The number of hydrogen-bond donors (Lipinski definition) is 0. The molecule has 5 nitrogen and oxygen atoms in total. The molecule has 0 atom stereocenters. The van der Waals surface area contributed by atoms with E-state index in [0.29, 0.717) is 37.8 Å². The third-order valence-corrected chi connectivity index (χ3v) is 4.29. The van der Waals surface area contributed by atoms with Crippen LogP contribution in [0.2, 0.25) is 0 Å². The summed E-state index contributed by atoms with van der Waals surface area (Å²) in [5.41, 5.74) is -0.339. The van der Waals surface area contributed by atoms with Crippen LogP contribution in [0.1, 0.15) is 27.2 Å². The lowest BCUT2D eigenvalue weighted by Gasteiger charge is -2.40. The van der Waals surface area contributed by atoms with Crippen molar-refractivity contribution in [3.05, 3.63) is 24.3 Å². The minimum Gasteiger partial charge on any atom is -0.447 e. The fraction of sp³-hybridized carbons (Fsp3) is 0.588. The molecule has 2 heterocycles. The number of hydrogen-bond acceptors (Lipinski definition) is 4. The maximum atomic E-state index is 12.7. The van der Waals surface area contributed by atoms with Crippen LogP contribution in [0.5, 0.6) is 11.5 Å². The molecule has 2 aliphatic rings. The summed E-state index contributed by atoms with van der Waals surface area (Å²) in [7, 11) is 0. The zero-order valence-corrected chi connectivity index (χ0v) is 13.4. The number of benzene rings is 1. The van der Waals surface area contributed by atoms with Crippen LogP contribution in [-0.2, 0) is 9.53 Å². The lowest BCUT2D eigenvalue weighted by Crippen LogP contribution is -2.54. The number of carbonyl (C=O) groups is 1. The molecular formula is C17H23NO4. The molecule has 1 aromatic carbocycles. The molecule has 1 amide bonds. The van der Waals surface area contributed by atoms with Gasteiger partial charge < -0.3 is 19.1 Å². The van der Waals surface area contributed by atoms with Gasteiger partial charge in [-0.3, -0.25) is 4.79 Å². The Kier molecular flexibility index (Phi) is 3.77. The van der Waals surface area contributed by atoms with Gasteiger partial charge in [0.05, 0.1) is 13.2 Å². The molecule has 0 radical (unpaired) electrons. The number of fused-ring (bicyclic) bond motifs is 1. The number of carbonyl (C=O) groups excluding carboxylic acids is 1. The van der Waals surface area contributed by atoms with Crippen molar-refractivity contribution in [3.8, 4) is 11.5 Å². The Morgan fingerprint density at radius 3 is 2.18 bits per heavy atom. The monoisotopic (exact) mass is 305 g/mol. The summed E-state index contributed by atoms with van der Waals surface area (Å²) >= 11 is 0. The smallest absolute Gasteiger partial charge is 0.265 e. The molecule has 3 rings (SSSR count). The second-order valence-electron chi connectivity index (χ2n) is 6.82. The second kappa shape index (κ2) is 5.47. The van der Waals surface area contributed by atoms with Crippen LogP contribution in [-0.4, -0.2) is 42.9 Å². The Balaban J connectivity index is 1.82. The largest absolute Gasteiger partial charge is 0.447 e. The lowest BCUT2D eigenvalue weighted by atomic mass is 9.83. The van der Waals surface area contributed by atoms with Crippen LogP contribution >= 0.6 is 0 Å². The predicted octanol–water partition coefficient (Wildman–Crippen LogP) is 2.45. The van der Waals surface area contributed by atoms with Gasteiger partial charge in [-0.1, -0.05) is 32.9 Å². The summed E-state index contributed by atoms with van der Waals surface area (Å²) in [5.74, 6) is 0.483. The predicted molar refractivity (Wildman–Crippen MR) is 81.9 cm³/mol. The van der Waals surface area contributed by atoms with E-state index in [-0.39, 0.29) is 17.7 Å². The normalized spacial score (nSPS) is 20.0. The summed E-state index contributed by atoms with van der Waals surface area (Å²) in [6.45, 7) is 8.55. The van der Waals surface area contributed by atoms with Crippen LogP contribution < -0.4 is 9.47 Å². The summed E-state index contributed by atoms with van der Waals surface area (Å²) in [6, 6.07) is 7.57. The van der Waals surface area contributed by atoms with Crippen LogP contribution in [0, 0.1) is 5.41 Å². The van der Waals surface area contributed by atoms with E-state index in [2.05, 4.69) is 0 Å². The van der Waals surface area contributed by atoms with E-state index in [1.165, 1.54) is 0 Å². The topological polar surface area (TPSA) is 48.0 Å². The molecule has 0 N–H and O–H groups in total. The van der Waals surface area contributed by atoms with Crippen molar-refractivity contribution in [2.45, 2.75) is 33.0 Å². The summed E-state index contributed by atoms with van der Waals surface area (Å²) in [6.07, 6.45) is 0.200. The number of rotatable bonds is 2. The zero-order chi connectivity index (χ0) is 15.8. The molecule has 2 aliphatic heterocycles. The number of para-hydroxylation sites is 2. The van der Waals surface area contributed by atoms with E-state index in [1.807, 2.05) is 49.9 Å². The first kappa shape index (κ1) is 15.2. The van der Waals surface area contributed by atoms with Gasteiger partial charge in [0.1, 0.15) is 6.42 Å². The van der Waals surface area contributed by atoms with Crippen molar-refractivity contribution in [1.82, 2.24) is 4.90 Å². The number of nitrogens with zero attached hydrogens (tertiary/aromatic N) is 1. The molecule has 1 saturated heterocycles. The van der Waals surface area contributed by atoms with Crippen molar-refractivity contribution in [3.63, 3.8) is 0 Å². The minimum atomic E-state index is -0.966. The molecule has 5 heteroatoms. The molecular weight excluding hydrogens is 282 g/mol. The van der Waals surface area contributed by atoms with Crippen molar-refractivity contribution in [2.24, 2.45) is 5.41 Å². The molecule has 0 unspecified atom stereocenters. The highest BCUT2D eigenvalue weighted by atomic mass is 16.7.